The Balaban J connectivity index is 1.17. The molecule has 2 aliphatic heterocycles. The molecule has 3 saturated carbocycles. The zero-order valence-electron chi connectivity index (χ0n) is 18.2. The number of fused-ring (bicyclic) bond motifs is 1. The fourth-order valence-electron chi connectivity index (χ4n) is 6.26. The molecule has 3 aromatic rings. The van der Waals surface area contributed by atoms with Crippen LogP contribution in [0.15, 0.2) is 30.7 Å². The van der Waals surface area contributed by atoms with Crippen LogP contribution in [0.3, 0.4) is 0 Å². The quantitative estimate of drug-likeness (QED) is 0.652. The average Bonchev–Trinajstić information content (AvgIpc) is 3.46. The molecule has 1 aromatic carbocycles. The number of hydrogen-bond acceptors (Lipinski definition) is 5. The van der Waals surface area contributed by atoms with Crippen LogP contribution in [0.1, 0.15) is 31.2 Å². The van der Waals surface area contributed by atoms with Gasteiger partial charge in [-0.1, -0.05) is 0 Å². The number of aromatic nitrogens is 4. The van der Waals surface area contributed by atoms with E-state index in [1.54, 1.807) is 0 Å². The number of ether oxygens (including phenoxy) is 1. The number of anilines is 1. The van der Waals surface area contributed by atoms with Gasteiger partial charge in [-0.3, -0.25) is 9.58 Å². The third-order valence-corrected chi connectivity index (χ3v) is 8.27. The maximum atomic E-state index is 5.60. The van der Waals surface area contributed by atoms with E-state index in [9.17, 15) is 0 Å². The summed E-state index contributed by atoms with van der Waals surface area (Å²) in [6.07, 6.45) is 11.3. The van der Waals surface area contributed by atoms with E-state index in [0.717, 1.165) is 51.0 Å². The highest BCUT2D eigenvalue weighted by Crippen LogP contribution is 2.62. The first-order valence-electron chi connectivity index (χ1n) is 11.8. The first-order chi connectivity index (χ1) is 15.2. The average molecular weight is 419 g/mol. The van der Waals surface area contributed by atoms with Crippen LogP contribution in [-0.2, 0) is 10.3 Å². The predicted molar refractivity (Wildman–Crippen MR) is 120 cm³/mol. The molecule has 1 atom stereocenters. The smallest absolute Gasteiger partial charge is 0.103 e. The van der Waals surface area contributed by atoms with Gasteiger partial charge in [0, 0.05) is 49.9 Å². The number of aryl methyl sites for hydroxylation is 1. The number of benzene rings is 1. The molecular weight excluding hydrogens is 388 g/mol. The van der Waals surface area contributed by atoms with Gasteiger partial charge in [-0.25, -0.2) is 4.68 Å². The second-order valence-electron chi connectivity index (χ2n) is 10.1. The number of rotatable bonds is 4. The summed E-state index contributed by atoms with van der Waals surface area (Å²) in [5.41, 5.74) is 5.22. The van der Waals surface area contributed by atoms with E-state index in [2.05, 4.69) is 44.4 Å². The minimum atomic E-state index is 0.317. The van der Waals surface area contributed by atoms with Gasteiger partial charge < -0.3 is 9.64 Å². The van der Waals surface area contributed by atoms with Crippen LogP contribution in [-0.4, -0.2) is 69.9 Å². The molecule has 0 radical (unpaired) electrons. The number of nitrogens with zero attached hydrogens (tertiary/aromatic N) is 6. The monoisotopic (exact) mass is 418 g/mol. The standard InChI is InChI=1S/C24H30N6O/c1-17-8-19-13-26-30(21-14-25-29(15-21)24-10-18(11-24)12-24)23(19)9-22(17)28-5-3-27(4-6-28)20-2-7-31-16-20/h8-9,13-15,18,20H,2-7,10-12,16H2,1H3. The molecular formula is C24H30N6O. The van der Waals surface area contributed by atoms with Crippen molar-refractivity contribution in [2.45, 2.75) is 44.2 Å². The highest BCUT2D eigenvalue weighted by molar-refractivity contribution is 5.85. The molecule has 162 valence electrons. The van der Waals surface area contributed by atoms with Crippen molar-refractivity contribution in [3.05, 3.63) is 36.3 Å². The fourth-order valence-corrected chi connectivity index (χ4v) is 6.26. The highest BCUT2D eigenvalue weighted by atomic mass is 16.5. The third kappa shape index (κ3) is 2.72. The van der Waals surface area contributed by atoms with Crippen LogP contribution < -0.4 is 4.90 Å². The molecule has 0 N–H and O–H groups in total. The van der Waals surface area contributed by atoms with Crippen molar-refractivity contribution in [1.82, 2.24) is 24.5 Å². The number of piperazine rings is 1. The van der Waals surface area contributed by atoms with Gasteiger partial charge in [0.2, 0.25) is 0 Å². The summed E-state index contributed by atoms with van der Waals surface area (Å²) in [5, 5.41) is 10.6. The lowest BCUT2D eigenvalue weighted by molar-refractivity contribution is -0.0977. The van der Waals surface area contributed by atoms with Crippen molar-refractivity contribution in [2.24, 2.45) is 5.92 Å². The Hall–Kier alpha value is -2.38. The lowest BCUT2D eigenvalue weighted by atomic mass is 9.50. The van der Waals surface area contributed by atoms with Crippen LogP contribution >= 0.6 is 0 Å². The lowest BCUT2D eigenvalue weighted by Gasteiger charge is -2.61. The summed E-state index contributed by atoms with van der Waals surface area (Å²) in [5.74, 6) is 0.949. The van der Waals surface area contributed by atoms with Crippen molar-refractivity contribution >= 4 is 16.6 Å². The van der Waals surface area contributed by atoms with Crippen molar-refractivity contribution in [2.75, 3.05) is 44.3 Å². The van der Waals surface area contributed by atoms with Crippen LogP contribution in [0.5, 0.6) is 0 Å². The first-order valence-corrected chi connectivity index (χ1v) is 11.8. The van der Waals surface area contributed by atoms with E-state index in [4.69, 9.17) is 14.9 Å². The zero-order valence-corrected chi connectivity index (χ0v) is 18.2. The third-order valence-electron chi connectivity index (χ3n) is 8.27. The zero-order chi connectivity index (χ0) is 20.6. The molecule has 2 saturated heterocycles. The summed E-state index contributed by atoms with van der Waals surface area (Å²) in [6.45, 7) is 8.41. The van der Waals surface area contributed by atoms with Gasteiger partial charge in [0.25, 0.3) is 0 Å². The summed E-state index contributed by atoms with van der Waals surface area (Å²) >= 11 is 0. The van der Waals surface area contributed by atoms with Gasteiger partial charge in [0.1, 0.15) is 5.69 Å². The minimum absolute atomic E-state index is 0.317. The predicted octanol–water partition coefficient (Wildman–Crippen LogP) is 2.95. The number of hydrogen-bond donors (Lipinski definition) is 0. The van der Waals surface area contributed by atoms with Gasteiger partial charge in [-0.2, -0.15) is 10.2 Å². The molecule has 2 bridgehead atoms. The van der Waals surface area contributed by atoms with E-state index >= 15 is 0 Å². The molecule has 0 spiro atoms. The first kappa shape index (κ1) is 18.2. The Labute approximate surface area is 182 Å². The van der Waals surface area contributed by atoms with E-state index in [-0.39, 0.29) is 0 Å². The van der Waals surface area contributed by atoms with E-state index in [1.807, 2.05) is 12.4 Å². The lowest BCUT2D eigenvalue weighted by Crippen LogP contribution is -2.59. The molecule has 0 amide bonds. The highest BCUT2D eigenvalue weighted by Gasteiger charge is 2.58. The molecule has 5 fully saturated rings. The van der Waals surface area contributed by atoms with Gasteiger partial charge in [0.05, 0.1) is 36.3 Å². The molecule has 7 nitrogen and oxygen atoms in total. The fraction of sp³-hybridized carbons (Fsp3) is 0.583. The van der Waals surface area contributed by atoms with Gasteiger partial charge in [-0.05, 0) is 56.2 Å². The summed E-state index contributed by atoms with van der Waals surface area (Å²) in [4.78, 5) is 5.16. The molecule has 1 unspecified atom stereocenters. The van der Waals surface area contributed by atoms with Gasteiger partial charge >= 0.3 is 0 Å². The molecule has 8 rings (SSSR count). The Kier molecular flexibility index (Phi) is 3.86. The van der Waals surface area contributed by atoms with E-state index in [1.165, 1.54) is 47.8 Å². The van der Waals surface area contributed by atoms with Crippen molar-refractivity contribution in [1.29, 1.82) is 0 Å². The molecule has 4 heterocycles. The Morgan fingerprint density at radius 1 is 1.03 bits per heavy atom. The molecule has 5 aliphatic rings. The Bertz CT molecular complexity index is 1120. The minimum Gasteiger partial charge on any atom is -0.380 e. The van der Waals surface area contributed by atoms with Crippen LogP contribution in [0, 0.1) is 12.8 Å². The summed E-state index contributed by atoms with van der Waals surface area (Å²) in [7, 11) is 0. The maximum absolute atomic E-state index is 5.60. The summed E-state index contributed by atoms with van der Waals surface area (Å²) in [6, 6.07) is 5.24. The van der Waals surface area contributed by atoms with Gasteiger partial charge in [0.15, 0.2) is 0 Å². The molecule has 3 aliphatic carbocycles. The SMILES string of the molecule is Cc1cc2cnn(-c3cnn(C45CC(C4)C5)c3)c2cc1N1CCN(C2CCOC2)CC1. The molecule has 7 heteroatoms. The topological polar surface area (TPSA) is 51.4 Å². The Morgan fingerprint density at radius 3 is 2.58 bits per heavy atom. The molecule has 2 aromatic heterocycles. The summed E-state index contributed by atoms with van der Waals surface area (Å²) < 4.78 is 9.87. The largest absolute Gasteiger partial charge is 0.380 e. The van der Waals surface area contributed by atoms with Crippen LogP contribution in [0.2, 0.25) is 0 Å². The second-order valence-corrected chi connectivity index (χ2v) is 10.1. The van der Waals surface area contributed by atoms with Crippen molar-refractivity contribution < 1.29 is 4.74 Å². The van der Waals surface area contributed by atoms with Crippen molar-refractivity contribution in [3.8, 4) is 5.69 Å². The van der Waals surface area contributed by atoms with Crippen molar-refractivity contribution in [3.63, 3.8) is 0 Å². The normalized spacial score (nSPS) is 30.5. The van der Waals surface area contributed by atoms with Crippen LogP contribution in [0.25, 0.3) is 16.6 Å². The Morgan fingerprint density at radius 2 is 1.87 bits per heavy atom. The van der Waals surface area contributed by atoms with E-state index in [0.29, 0.717) is 11.6 Å². The van der Waals surface area contributed by atoms with E-state index < -0.39 is 0 Å². The van der Waals surface area contributed by atoms with Crippen LogP contribution in [0.4, 0.5) is 5.69 Å². The maximum Gasteiger partial charge on any atom is 0.103 e. The molecule has 31 heavy (non-hydrogen) atoms. The second kappa shape index (κ2) is 6.56. The van der Waals surface area contributed by atoms with Gasteiger partial charge in [-0.15, -0.1) is 0 Å².